The highest BCUT2D eigenvalue weighted by molar-refractivity contribution is 5.91. The van der Waals surface area contributed by atoms with E-state index in [0.29, 0.717) is 31.6 Å². The van der Waals surface area contributed by atoms with Crippen molar-refractivity contribution in [1.29, 1.82) is 0 Å². The highest BCUT2D eigenvalue weighted by atomic mass is 16.5. The number of hydrogen-bond donors (Lipinski definition) is 0. The summed E-state index contributed by atoms with van der Waals surface area (Å²) in [7, 11) is 4.22. The van der Waals surface area contributed by atoms with Crippen molar-refractivity contribution in [1.82, 2.24) is 19.8 Å². The first-order valence-electron chi connectivity index (χ1n) is 9.38. The number of aryl methyl sites for hydroxylation is 1. The number of morpholine rings is 1. The van der Waals surface area contributed by atoms with Gasteiger partial charge in [0.15, 0.2) is 0 Å². The fourth-order valence-corrected chi connectivity index (χ4v) is 3.70. The molecule has 1 atom stereocenters. The zero-order chi connectivity index (χ0) is 19.1. The van der Waals surface area contributed by atoms with Gasteiger partial charge in [-0.25, -0.2) is 9.97 Å². The second kappa shape index (κ2) is 7.12. The lowest BCUT2D eigenvalue weighted by molar-refractivity contribution is -0.0766. The van der Waals surface area contributed by atoms with E-state index in [1.165, 1.54) is 0 Å². The van der Waals surface area contributed by atoms with Crippen LogP contribution in [-0.4, -0.2) is 84.2 Å². The number of nitrogens with zero attached hydrogens (tertiary/aromatic N) is 5. The van der Waals surface area contributed by atoms with E-state index in [9.17, 15) is 4.79 Å². The lowest BCUT2D eigenvalue weighted by atomic mass is 10.1. The van der Waals surface area contributed by atoms with Crippen molar-refractivity contribution < 1.29 is 9.53 Å². The Morgan fingerprint density at radius 2 is 1.96 bits per heavy atom. The molecule has 1 amide bonds. The van der Waals surface area contributed by atoms with Gasteiger partial charge in [-0.3, -0.25) is 4.79 Å². The molecule has 1 aromatic heterocycles. The smallest absolute Gasteiger partial charge is 0.291 e. The minimum atomic E-state index is -0.329. The van der Waals surface area contributed by atoms with Crippen LogP contribution in [0.15, 0.2) is 0 Å². The molecular formula is C19H31N5O2. The quantitative estimate of drug-likeness (QED) is 0.813. The molecular weight excluding hydrogens is 330 g/mol. The Hall–Kier alpha value is -1.73. The number of likely N-dealkylation sites (N-methyl/N-ethyl adjacent to an activating group) is 1. The first-order valence-corrected chi connectivity index (χ1v) is 9.38. The Morgan fingerprint density at radius 1 is 1.23 bits per heavy atom. The molecule has 7 heteroatoms. The highest BCUT2D eigenvalue weighted by Crippen LogP contribution is 2.26. The Balaban J connectivity index is 1.85. The molecule has 2 fully saturated rings. The molecule has 0 radical (unpaired) electrons. The minimum absolute atomic E-state index is 0.103. The fraction of sp³-hybridized carbons (Fsp3) is 0.737. The van der Waals surface area contributed by atoms with Crippen molar-refractivity contribution in [2.75, 3.05) is 51.8 Å². The number of hydrogen-bond acceptors (Lipinski definition) is 6. The van der Waals surface area contributed by atoms with Crippen LogP contribution in [0.4, 0.5) is 5.82 Å². The first-order chi connectivity index (χ1) is 12.2. The van der Waals surface area contributed by atoms with Gasteiger partial charge in [-0.15, -0.1) is 0 Å². The second-order valence-corrected chi connectivity index (χ2v) is 8.27. The van der Waals surface area contributed by atoms with Crippen LogP contribution >= 0.6 is 0 Å². The largest absolute Gasteiger partial charge is 0.372 e. The molecule has 144 valence electrons. The molecule has 0 spiro atoms. The van der Waals surface area contributed by atoms with Crippen LogP contribution in [0.1, 0.15) is 42.1 Å². The average molecular weight is 361 g/mol. The Bertz CT molecular complexity index is 689. The van der Waals surface area contributed by atoms with Crippen LogP contribution in [0.2, 0.25) is 0 Å². The van der Waals surface area contributed by atoms with Crippen molar-refractivity contribution in [3.8, 4) is 0 Å². The number of anilines is 1. The number of aromatic nitrogens is 2. The fourth-order valence-electron chi connectivity index (χ4n) is 3.70. The summed E-state index contributed by atoms with van der Waals surface area (Å²) in [6.45, 7) is 11.6. The summed E-state index contributed by atoms with van der Waals surface area (Å²) < 4.78 is 5.72. The van der Waals surface area contributed by atoms with E-state index in [1.807, 2.05) is 32.6 Å². The number of carbonyl (C=O) groups is 1. The molecule has 3 heterocycles. The van der Waals surface area contributed by atoms with Crippen molar-refractivity contribution in [2.24, 2.45) is 0 Å². The Labute approximate surface area is 156 Å². The molecule has 2 aliphatic rings. The summed E-state index contributed by atoms with van der Waals surface area (Å²) in [5, 5.41) is 0. The average Bonchev–Trinajstić information content (AvgIpc) is 3.05. The van der Waals surface area contributed by atoms with Crippen molar-refractivity contribution in [3.63, 3.8) is 0 Å². The van der Waals surface area contributed by atoms with Crippen LogP contribution in [0.3, 0.4) is 0 Å². The lowest BCUT2D eigenvalue weighted by Crippen LogP contribution is -2.51. The predicted molar refractivity (Wildman–Crippen MR) is 102 cm³/mol. The van der Waals surface area contributed by atoms with E-state index >= 15 is 0 Å². The normalized spacial score (nSPS) is 23.0. The maximum atomic E-state index is 13.0. The maximum Gasteiger partial charge on any atom is 0.291 e. The summed E-state index contributed by atoms with van der Waals surface area (Å²) in [5.74, 6) is 1.10. The van der Waals surface area contributed by atoms with Gasteiger partial charge in [0.1, 0.15) is 5.82 Å². The monoisotopic (exact) mass is 361 g/mol. The first kappa shape index (κ1) is 19.0. The Kier molecular flexibility index (Phi) is 5.21. The third-order valence-electron chi connectivity index (χ3n) is 5.46. The van der Waals surface area contributed by atoms with Crippen LogP contribution in [-0.2, 0) is 4.74 Å². The molecule has 0 bridgehead atoms. The predicted octanol–water partition coefficient (Wildman–Crippen LogP) is 1.48. The molecule has 0 aromatic carbocycles. The van der Waals surface area contributed by atoms with E-state index in [-0.39, 0.29) is 11.5 Å². The summed E-state index contributed by atoms with van der Waals surface area (Å²) in [5.41, 5.74) is 1.60. The van der Waals surface area contributed by atoms with Gasteiger partial charge in [0.05, 0.1) is 12.2 Å². The standard InChI is InChI=1S/C19H31N5O2/c1-13-14(2)20-16(18(25)24-9-10-26-19(3,4)12-24)21-17(13)23-8-7-15(11-23)22(5)6/h15H,7-12H2,1-6H3/t15-/m1/s1. The van der Waals surface area contributed by atoms with E-state index in [2.05, 4.69) is 28.9 Å². The topological polar surface area (TPSA) is 61.8 Å². The number of rotatable bonds is 3. The van der Waals surface area contributed by atoms with E-state index < -0.39 is 0 Å². The van der Waals surface area contributed by atoms with Crippen molar-refractivity contribution in [2.45, 2.75) is 45.8 Å². The minimum Gasteiger partial charge on any atom is -0.372 e. The number of ether oxygens (including phenoxy) is 1. The van der Waals surface area contributed by atoms with Gasteiger partial charge in [0, 0.05) is 43.5 Å². The van der Waals surface area contributed by atoms with Crippen LogP contribution in [0.5, 0.6) is 0 Å². The molecule has 0 saturated carbocycles. The SMILES string of the molecule is Cc1nc(C(=O)N2CCOC(C)(C)C2)nc(N2CC[C@@H](N(C)C)C2)c1C. The van der Waals surface area contributed by atoms with Crippen LogP contribution < -0.4 is 4.90 Å². The molecule has 7 nitrogen and oxygen atoms in total. The van der Waals surface area contributed by atoms with Gasteiger partial charge >= 0.3 is 0 Å². The van der Waals surface area contributed by atoms with Crippen molar-refractivity contribution in [3.05, 3.63) is 17.1 Å². The second-order valence-electron chi connectivity index (χ2n) is 8.27. The van der Waals surface area contributed by atoms with Gasteiger partial charge in [0.2, 0.25) is 5.82 Å². The van der Waals surface area contributed by atoms with Crippen molar-refractivity contribution >= 4 is 11.7 Å². The number of carbonyl (C=O) groups excluding carboxylic acids is 1. The molecule has 26 heavy (non-hydrogen) atoms. The summed E-state index contributed by atoms with van der Waals surface area (Å²) in [6, 6.07) is 0.517. The third-order valence-corrected chi connectivity index (χ3v) is 5.46. The zero-order valence-electron chi connectivity index (χ0n) is 16.9. The molecule has 3 rings (SSSR count). The molecule has 2 saturated heterocycles. The summed E-state index contributed by atoms with van der Waals surface area (Å²) >= 11 is 0. The van der Waals surface area contributed by atoms with Gasteiger partial charge in [0.25, 0.3) is 5.91 Å². The van der Waals surface area contributed by atoms with Crippen LogP contribution in [0.25, 0.3) is 0 Å². The number of amides is 1. The molecule has 1 aromatic rings. The Morgan fingerprint density at radius 3 is 2.58 bits per heavy atom. The summed E-state index contributed by atoms with van der Waals surface area (Å²) in [6.07, 6.45) is 1.11. The van der Waals surface area contributed by atoms with Gasteiger partial charge in [-0.2, -0.15) is 0 Å². The van der Waals surface area contributed by atoms with Gasteiger partial charge in [-0.05, 0) is 48.2 Å². The highest BCUT2D eigenvalue weighted by Gasteiger charge is 2.33. The van der Waals surface area contributed by atoms with E-state index in [4.69, 9.17) is 9.72 Å². The van der Waals surface area contributed by atoms with Gasteiger partial charge < -0.3 is 19.4 Å². The third kappa shape index (κ3) is 3.83. The molecule has 0 N–H and O–H groups in total. The van der Waals surface area contributed by atoms with Gasteiger partial charge in [-0.1, -0.05) is 0 Å². The lowest BCUT2D eigenvalue weighted by Gasteiger charge is -2.37. The van der Waals surface area contributed by atoms with E-state index in [1.54, 1.807) is 0 Å². The summed E-state index contributed by atoms with van der Waals surface area (Å²) in [4.78, 5) is 28.6. The van der Waals surface area contributed by atoms with Crippen LogP contribution in [0, 0.1) is 13.8 Å². The molecule has 2 aliphatic heterocycles. The molecule has 0 unspecified atom stereocenters. The maximum absolute atomic E-state index is 13.0. The zero-order valence-corrected chi connectivity index (χ0v) is 16.9. The van der Waals surface area contributed by atoms with E-state index in [0.717, 1.165) is 36.6 Å². The molecule has 0 aliphatic carbocycles.